The van der Waals surface area contributed by atoms with Crippen molar-refractivity contribution in [3.63, 3.8) is 0 Å². The summed E-state index contributed by atoms with van der Waals surface area (Å²) < 4.78 is 5.03. The Labute approximate surface area is 97.6 Å². The highest BCUT2D eigenvalue weighted by Gasteiger charge is 2.02. The number of nitrogens with zero attached hydrogens (tertiary/aromatic N) is 2. The van der Waals surface area contributed by atoms with E-state index in [9.17, 15) is 0 Å². The van der Waals surface area contributed by atoms with Crippen molar-refractivity contribution in [3.05, 3.63) is 23.9 Å². The van der Waals surface area contributed by atoms with Crippen LogP contribution in [-0.4, -0.2) is 39.3 Å². The van der Waals surface area contributed by atoms with Crippen LogP contribution in [0.25, 0.3) is 0 Å². The molecule has 0 aliphatic heterocycles. The van der Waals surface area contributed by atoms with Crippen molar-refractivity contribution in [2.24, 2.45) is 0 Å². The van der Waals surface area contributed by atoms with Crippen molar-refractivity contribution in [2.45, 2.75) is 13.0 Å². The number of hydrogen-bond donors (Lipinski definition) is 1. The Morgan fingerprint density at radius 1 is 1.44 bits per heavy atom. The summed E-state index contributed by atoms with van der Waals surface area (Å²) in [4.78, 5) is 6.71. The number of ether oxygens (including phenoxy) is 1. The van der Waals surface area contributed by atoms with E-state index in [1.54, 1.807) is 7.11 Å². The van der Waals surface area contributed by atoms with Crippen molar-refractivity contribution in [2.75, 3.05) is 39.3 Å². The lowest BCUT2D eigenvalue weighted by Gasteiger charge is -2.18. The number of anilines is 1. The van der Waals surface area contributed by atoms with Gasteiger partial charge in [0.2, 0.25) is 0 Å². The highest BCUT2D eigenvalue weighted by molar-refractivity contribution is 5.38. The van der Waals surface area contributed by atoms with E-state index in [2.05, 4.69) is 22.2 Å². The monoisotopic (exact) mass is 223 g/mol. The van der Waals surface area contributed by atoms with Gasteiger partial charge in [0.1, 0.15) is 5.82 Å². The SMILES string of the molecule is CNCc1cccc(N(C)CCCOC)n1. The van der Waals surface area contributed by atoms with Crippen LogP contribution in [0.15, 0.2) is 18.2 Å². The van der Waals surface area contributed by atoms with Crippen molar-refractivity contribution in [1.29, 1.82) is 0 Å². The fourth-order valence-corrected chi connectivity index (χ4v) is 1.52. The van der Waals surface area contributed by atoms with Gasteiger partial charge in [0.25, 0.3) is 0 Å². The second-order valence-corrected chi connectivity index (χ2v) is 3.79. The van der Waals surface area contributed by atoms with E-state index in [-0.39, 0.29) is 0 Å². The highest BCUT2D eigenvalue weighted by Crippen LogP contribution is 2.09. The predicted molar refractivity (Wildman–Crippen MR) is 66.8 cm³/mol. The van der Waals surface area contributed by atoms with Gasteiger partial charge in [-0.15, -0.1) is 0 Å². The predicted octanol–water partition coefficient (Wildman–Crippen LogP) is 1.27. The molecular formula is C12H21N3O. The van der Waals surface area contributed by atoms with Crippen LogP contribution in [0.2, 0.25) is 0 Å². The smallest absolute Gasteiger partial charge is 0.128 e. The molecule has 0 fully saturated rings. The molecule has 0 unspecified atom stereocenters. The number of rotatable bonds is 7. The summed E-state index contributed by atoms with van der Waals surface area (Å²) in [5.41, 5.74) is 1.07. The maximum Gasteiger partial charge on any atom is 0.128 e. The van der Waals surface area contributed by atoms with Crippen LogP contribution in [0.4, 0.5) is 5.82 Å². The fourth-order valence-electron chi connectivity index (χ4n) is 1.52. The lowest BCUT2D eigenvalue weighted by atomic mass is 10.3. The molecule has 0 aliphatic rings. The maximum atomic E-state index is 5.03. The molecule has 16 heavy (non-hydrogen) atoms. The van der Waals surface area contributed by atoms with Crippen LogP contribution >= 0.6 is 0 Å². The van der Waals surface area contributed by atoms with Crippen molar-refractivity contribution >= 4 is 5.82 Å². The van der Waals surface area contributed by atoms with Gasteiger partial charge in [-0.1, -0.05) is 6.07 Å². The minimum atomic E-state index is 0.792. The normalized spacial score (nSPS) is 10.4. The zero-order chi connectivity index (χ0) is 11.8. The molecule has 0 aromatic carbocycles. The number of pyridine rings is 1. The van der Waals surface area contributed by atoms with E-state index >= 15 is 0 Å². The quantitative estimate of drug-likeness (QED) is 0.706. The summed E-state index contributed by atoms with van der Waals surface area (Å²) in [6, 6.07) is 6.11. The maximum absolute atomic E-state index is 5.03. The Balaban J connectivity index is 2.53. The summed E-state index contributed by atoms with van der Waals surface area (Å²) in [5, 5.41) is 3.10. The van der Waals surface area contributed by atoms with E-state index in [4.69, 9.17) is 4.74 Å². The molecule has 1 aromatic heterocycles. The summed E-state index contributed by atoms with van der Waals surface area (Å²) >= 11 is 0. The van der Waals surface area contributed by atoms with Gasteiger partial charge in [0.15, 0.2) is 0 Å². The summed E-state index contributed by atoms with van der Waals surface area (Å²) in [6.07, 6.45) is 1.02. The first kappa shape index (κ1) is 12.9. The number of hydrogen-bond acceptors (Lipinski definition) is 4. The molecular weight excluding hydrogens is 202 g/mol. The third-order valence-corrected chi connectivity index (χ3v) is 2.38. The van der Waals surface area contributed by atoms with Crippen LogP contribution in [0.5, 0.6) is 0 Å². The summed E-state index contributed by atoms with van der Waals surface area (Å²) in [6.45, 7) is 2.56. The zero-order valence-electron chi connectivity index (χ0n) is 10.4. The van der Waals surface area contributed by atoms with Crippen LogP contribution < -0.4 is 10.2 Å². The Morgan fingerprint density at radius 2 is 2.25 bits per heavy atom. The van der Waals surface area contributed by atoms with Crippen LogP contribution in [0.3, 0.4) is 0 Å². The number of nitrogens with one attached hydrogen (secondary N) is 1. The first-order valence-electron chi connectivity index (χ1n) is 5.58. The molecule has 0 atom stereocenters. The van der Waals surface area contributed by atoms with Gasteiger partial charge in [-0.05, 0) is 25.6 Å². The van der Waals surface area contributed by atoms with E-state index in [1.807, 2.05) is 25.2 Å². The summed E-state index contributed by atoms with van der Waals surface area (Å²) in [7, 11) is 5.71. The average Bonchev–Trinajstić information content (AvgIpc) is 2.30. The molecule has 4 nitrogen and oxygen atoms in total. The van der Waals surface area contributed by atoms with Gasteiger partial charge in [-0.25, -0.2) is 4.98 Å². The van der Waals surface area contributed by atoms with Gasteiger partial charge < -0.3 is 15.0 Å². The van der Waals surface area contributed by atoms with Crippen LogP contribution in [0, 0.1) is 0 Å². The minimum absolute atomic E-state index is 0.792. The molecule has 0 amide bonds. The topological polar surface area (TPSA) is 37.4 Å². The third kappa shape index (κ3) is 4.16. The summed E-state index contributed by atoms with van der Waals surface area (Å²) in [5.74, 6) is 1.02. The lowest BCUT2D eigenvalue weighted by Crippen LogP contribution is -2.21. The van der Waals surface area contributed by atoms with E-state index in [1.165, 1.54) is 0 Å². The molecule has 0 saturated carbocycles. The first-order valence-corrected chi connectivity index (χ1v) is 5.58. The van der Waals surface area contributed by atoms with E-state index < -0.39 is 0 Å². The fraction of sp³-hybridized carbons (Fsp3) is 0.583. The Hall–Kier alpha value is -1.13. The Bertz CT molecular complexity index is 304. The Morgan fingerprint density at radius 3 is 2.94 bits per heavy atom. The standard InChI is InChI=1S/C12H21N3O/c1-13-10-11-6-4-7-12(14-11)15(2)8-5-9-16-3/h4,6-7,13H,5,8-10H2,1-3H3. The molecule has 90 valence electrons. The van der Waals surface area contributed by atoms with Gasteiger partial charge in [-0.3, -0.25) is 0 Å². The minimum Gasteiger partial charge on any atom is -0.385 e. The van der Waals surface area contributed by atoms with Crippen molar-refractivity contribution in [1.82, 2.24) is 10.3 Å². The molecule has 1 N–H and O–H groups in total. The van der Waals surface area contributed by atoms with Crippen LogP contribution in [-0.2, 0) is 11.3 Å². The molecule has 0 bridgehead atoms. The molecule has 1 heterocycles. The molecule has 1 aromatic rings. The van der Waals surface area contributed by atoms with E-state index in [0.717, 1.165) is 37.6 Å². The van der Waals surface area contributed by atoms with Gasteiger partial charge in [0.05, 0.1) is 5.69 Å². The van der Waals surface area contributed by atoms with Gasteiger partial charge in [0, 0.05) is 33.9 Å². The molecule has 0 aliphatic carbocycles. The third-order valence-electron chi connectivity index (χ3n) is 2.38. The largest absolute Gasteiger partial charge is 0.385 e. The van der Waals surface area contributed by atoms with E-state index in [0.29, 0.717) is 0 Å². The zero-order valence-corrected chi connectivity index (χ0v) is 10.4. The second kappa shape index (κ2) is 7.19. The molecule has 0 saturated heterocycles. The van der Waals surface area contributed by atoms with Crippen molar-refractivity contribution in [3.8, 4) is 0 Å². The van der Waals surface area contributed by atoms with Gasteiger partial charge >= 0.3 is 0 Å². The molecule has 4 heteroatoms. The molecule has 1 rings (SSSR count). The number of aromatic nitrogens is 1. The number of methoxy groups -OCH3 is 1. The molecule has 0 radical (unpaired) electrons. The average molecular weight is 223 g/mol. The van der Waals surface area contributed by atoms with Crippen molar-refractivity contribution < 1.29 is 4.74 Å². The first-order chi connectivity index (χ1) is 7.77. The molecule has 0 spiro atoms. The Kier molecular flexibility index (Phi) is 5.82. The lowest BCUT2D eigenvalue weighted by molar-refractivity contribution is 0.196. The van der Waals surface area contributed by atoms with Crippen LogP contribution in [0.1, 0.15) is 12.1 Å². The second-order valence-electron chi connectivity index (χ2n) is 3.79. The highest BCUT2D eigenvalue weighted by atomic mass is 16.5. The van der Waals surface area contributed by atoms with Gasteiger partial charge in [-0.2, -0.15) is 0 Å².